The van der Waals surface area contributed by atoms with Crippen molar-refractivity contribution in [3.63, 3.8) is 0 Å². The van der Waals surface area contributed by atoms with E-state index in [2.05, 4.69) is 37.0 Å². The number of imidazole rings is 1. The molecule has 0 saturated carbocycles. The van der Waals surface area contributed by atoms with Gasteiger partial charge in [-0.2, -0.15) is 15.5 Å². The number of hydrogen-bond donors (Lipinski definition) is 4. The average Bonchev–Trinajstić information content (AvgIpc) is 3.57. The Labute approximate surface area is 206 Å². The molecule has 5 heterocycles. The summed E-state index contributed by atoms with van der Waals surface area (Å²) >= 11 is 0. The van der Waals surface area contributed by atoms with Crippen molar-refractivity contribution in [2.45, 2.75) is 19.3 Å². The molecule has 0 radical (unpaired) electrons. The smallest absolute Gasteiger partial charge is 0.163 e. The van der Waals surface area contributed by atoms with E-state index in [0.29, 0.717) is 29.7 Å². The lowest BCUT2D eigenvalue weighted by atomic mass is 9.98. The van der Waals surface area contributed by atoms with Gasteiger partial charge < -0.3 is 15.7 Å². The van der Waals surface area contributed by atoms with E-state index in [0.717, 1.165) is 52.4 Å². The number of H-pyrrole nitrogens is 1. The molecule has 1 aromatic carbocycles. The zero-order valence-electron chi connectivity index (χ0n) is 19.6. The number of nitrogens with one attached hydrogen (secondary N) is 3. The van der Waals surface area contributed by atoms with Crippen LogP contribution < -0.4 is 10.6 Å². The molecule has 4 aromatic heterocycles. The van der Waals surface area contributed by atoms with E-state index >= 15 is 0 Å². The molecule has 180 valence electrons. The van der Waals surface area contributed by atoms with Crippen molar-refractivity contribution >= 4 is 22.4 Å². The highest BCUT2D eigenvalue weighted by molar-refractivity contribution is 5.82. The molecular weight excluding hydrogens is 456 g/mol. The Hall–Kier alpha value is -4.53. The quantitative estimate of drug-likeness (QED) is 0.278. The summed E-state index contributed by atoms with van der Waals surface area (Å²) in [6.45, 7) is 3.73. The summed E-state index contributed by atoms with van der Waals surface area (Å²) in [6.07, 6.45) is 4.05. The second kappa shape index (κ2) is 8.92. The molecule has 0 atom stereocenters. The van der Waals surface area contributed by atoms with Crippen molar-refractivity contribution in [3.8, 4) is 17.7 Å². The summed E-state index contributed by atoms with van der Waals surface area (Å²) in [6, 6.07) is 13.6. The summed E-state index contributed by atoms with van der Waals surface area (Å²) < 4.78 is 3.56. The Morgan fingerprint density at radius 1 is 1.22 bits per heavy atom. The first-order chi connectivity index (χ1) is 17.6. The first-order valence-electron chi connectivity index (χ1n) is 11.7. The number of aliphatic hydroxyl groups excluding tert-OH is 1. The Bertz CT molecular complexity index is 1600. The average molecular weight is 481 g/mol. The molecule has 11 nitrogen and oxygen atoms in total. The number of anilines is 2. The highest BCUT2D eigenvalue weighted by atomic mass is 16.3. The zero-order chi connectivity index (χ0) is 24.6. The maximum absolute atomic E-state index is 9.55. The molecule has 11 heteroatoms. The number of aromatic nitrogens is 7. The van der Waals surface area contributed by atoms with Gasteiger partial charge in [0.2, 0.25) is 0 Å². The number of nitriles is 1. The van der Waals surface area contributed by atoms with Crippen molar-refractivity contribution in [1.82, 2.24) is 39.8 Å². The van der Waals surface area contributed by atoms with Crippen molar-refractivity contribution in [3.05, 3.63) is 71.6 Å². The minimum absolute atomic E-state index is 0.0150. The fraction of sp³-hybridized carbons (Fsp3) is 0.240. The summed E-state index contributed by atoms with van der Waals surface area (Å²) in [5.74, 6) is 1.66. The molecule has 1 aliphatic heterocycles. The third-order valence-corrected chi connectivity index (χ3v) is 6.44. The van der Waals surface area contributed by atoms with E-state index in [1.54, 1.807) is 17.1 Å². The molecule has 6 rings (SSSR count). The summed E-state index contributed by atoms with van der Waals surface area (Å²) in [7, 11) is 0. The van der Waals surface area contributed by atoms with Crippen LogP contribution in [0.1, 0.15) is 28.6 Å². The summed E-state index contributed by atoms with van der Waals surface area (Å²) in [5, 5.41) is 37.3. The fourth-order valence-corrected chi connectivity index (χ4v) is 4.47. The van der Waals surface area contributed by atoms with Gasteiger partial charge in [-0.1, -0.05) is 6.07 Å². The molecule has 1 fully saturated rings. The van der Waals surface area contributed by atoms with Crippen LogP contribution in [0.25, 0.3) is 22.7 Å². The predicted octanol–water partition coefficient (Wildman–Crippen LogP) is 2.47. The number of aryl methyl sites for hydroxylation is 1. The lowest BCUT2D eigenvalue weighted by Crippen LogP contribution is -2.40. The first kappa shape index (κ1) is 22.0. The van der Waals surface area contributed by atoms with Crippen LogP contribution in [-0.2, 0) is 6.42 Å². The number of nitrogens with zero attached hydrogens (tertiary/aromatic N) is 7. The molecule has 0 aliphatic carbocycles. The maximum atomic E-state index is 9.55. The second-order valence-electron chi connectivity index (χ2n) is 8.80. The standard InChI is InChI=1S/C25H24N10O/c1-15-8-19(10-26)33-35(15)25-16(6-7-36)2-5-23(31-25)34-14-28-20-9-18(3-4-22(20)34)30-21-13-29-32-24(21)17-11-27-12-17/h2-5,8-9,13-14,17,27,30,36H,6-7,11-12H2,1H3,(H,29,32). The summed E-state index contributed by atoms with van der Waals surface area (Å²) in [4.78, 5) is 9.47. The highest BCUT2D eigenvalue weighted by Gasteiger charge is 2.24. The van der Waals surface area contributed by atoms with Gasteiger partial charge >= 0.3 is 0 Å². The number of aliphatic hydroxyl groups is 1. The maximum Gasteiger partial charge on any atom is 0.163 e. The Morgan fingerprint density at radius 3 is 2.86 bits per heavy atom. The van der Waals surface area contributed by atoms with Gasteiger partial charge in [0.15, 0.2) is 11.5 Å². The van der Waals surface area contributed by atoms with Gasteiger partial charge in [-0.25, -0.2) is 14.6 Å². The molecular formula is C25H24N10O. The Morgan fingerprint density at radius 2 is 2.11 bits per heavy atom. The number of pyridine rings is 1. The largest absolute Gasteiger partial charge is 0.396 e. The second-order valence-corrected chi connectivity index (χ2v) is 8.80. The topological polar surface area (TPSA) is 145 Å². The molecule has 4 N–H and O–H groups in total. The van der Waals surface area contributed by atoms with E-state index in [1.807, 2.05) is 48.0 Å². The monoisotopic (exact) mass is 480 g/mol. The molecule has 0 amide bonds. The third-order valence-electron chi connectivity index (χ3n) is 6.44. The van der Waals surface area contributed by atoms with Crippen LogP contribution in [0, 0.1) is 18.3 Å². The Kier molecular flexibility index (Phi) is 5.44. The van der Waals surface area contributed by atoms with E-state index in [9.17, 15) is 10.4 Å². The van der Waals surface area contributed by atoms with Crippen molar-refractivity contribution in [2.24, 2.45) is 0 Å². The van der Waals surface area contributed by atoms with Crippen LogP contribution in [0.2, 0.25) is 0 Å². The molecule has 36 heavy (non-hydrogen) atoms. The zero-order valence-corrected chi connectivity index (χ0v) is 19.6. The number of fused-ring (bicyclic) bond motifs is 1. The molecule has 5 aromatic rings. The van der Waals surface area contributed by atoms with Crippen LogP contribution in [0.5, 0.6) is 0 Å². The first-order valence-corrected chi connectivity index (χ1v) is 11.7. The molecule has 1 saturated heterocycles. The molecule has 0 unspecified atom stereocenters. The van der Waals surface area contributed by atoms with Gasteiger partial charge in [-0.15, -0.1) is 0 Å². The number of hydrogen-bond acceptors (Lipinski definition) is 8. The van der Waals surface area contributed by atoms with Gasteiger partial charge in [0.05, 0.1) is 22.4 Å². The number of benzene rings is 1. The van der Waals surface area contributed by atoms with Crippen LogP contribution >= 0.6 is 0 Å². The van der Waals surface area contributed by atoms with Gasteiger partial charge in [0.25, 0.3) is 0 Å². The van der Waals surface area contributed by atoms with E-state index < -0.39 is 0 Å². The lowest BCUT2D eigenvalue weighted by molar-refractivity contribution is 0.299. The van der Waals surface area contributed by atoms with Crippen LogP contribution in [-0.4, -0.2) is 59.3 Å². The number of aromatic amines is 1. The lowest BCUT2D eigenvalue weighted by Gasteiger charge is -2.26. The number of rotatable bonds is 7. The van der Waals surface area contributed by atoms with Gasteiger partial charge in [-0.3, -0.25) is 9.67 Å². The van der Waals surface area contributed by atoms with Gasteiger partial charge in [0.1, 0.15) is 18.2 Å². The predicted molar refractivity (Wildman–Crippen MR) is 134 cm³/mol. The molecule has 1 aliphatic rings. The van der Waals surface area contributed by atoms with Crippen LogP contribution in [0.15, 0.2) is 48.9 Å². The third kappa shape index (κ3) is 3.78. The summed E-state index contributed by atoms with van der Waals surface area (Å²) in [5.41, 5.74) is 6.59. The van der Waals surface area contributed by atoms with Crippen LogP contribution in [0.4, 0.5) is 11.4 Å². The van der Waals surface area contributed by atoms with E-state index in [-0.39, 0.29) is 6.61 Å². The van der Waals surface area contributed by atoms with Crippen LogP contribution in [0.3, 0.4) is 0 Å². The normalized spacial score (nSPS) is 13.6. The van der Waals surface area contributed by atoms with Crippen molar-refractivity contribution in [1.29, 1.82) is 5.26 Å². The highest BCUT2D eigenvalue weighted by Crippen LogP contribution is 2.29. The van der Waals surface area contributed by atoms with E-state index in [4.69, 9.17) is 4.98 Å². The van der Waals surface area contributed by atoms with Gasteiger partial charge in [0, 0.05) is 43.2 Å². The van der Waals surface area contributed by atoms with Crippen molar-refractivity contribution < 1.29 is 5.11 Å². The SMILES string of the molecule is Cc1cc(C#N)nn1-c1nc(-n2cnc3cc(Nc4c[nH]nc4C4CNC4)ccc32)ccc1CCO. The minimum Gasteiger partial charge on any atom is -0.396 e. The van der Waals surface area contributed by atoms with Gasteiger partial charge in [-0.05, 0) is 49.2 Å². The minimum atomic E-state index is -0.0150. The fourth-order valence-electron chi connectivity index (χ4n) is 4.47. The Balaban J connectivity index is 1.35. The van der Waals surface area contributed by atoms with Crippen molar-refractivity contribution in [2.75, 3.05) is 25.0 Å². The molecule has 0 bridgehead atoms. The molecule has 0 spiro atoms. The van der Waals surface area contributed by atoms with E-state index in [1.165, 1.54) is 0 Å².